The van der Waals surface area contributed by atoms with Gasteiger partial charge in [-0.2, -0.15) is 13.2 Å². The van der Waals surface area contributed by atoms with Crippen molar-refractivity contribution in [3.63, 3.8) is 0 Å². The molecule has 2 N–H and O–H groups in total. The van der Waals surface area contributed by atoms with E-state index in [1.807, 2.05) is 0 Å². The molecule has 5 nitrogen and oxygen atoms in total. The van der Waals surface area contributed by atoms with Crippen LogP contribution in [0.1, 0.15) is 32.6 Å². The zero-order valence-corrected chi connectivity index (χ0v) is 17.3. The predicted octanol–water partition coefficient (Wildman–Crippen LogP) is 4.29. The van der Waals surface area contributed by atoms with Gasteiger partial charge in [-0.3, -0.25) is 9.59 Å². The summed E-state index contributed by atoms with van der Waals surface area (Å²) in [7, 11) is 0. The van der Waals surface area contributed by atoms with E-state index >= 15 is 0 Å². The van der Waals surface area contributed by atoms with Gasteiger partial charge in [-0.05, 0) is 17.2 Å². The summed E-state index contributed by atoms with van der Waals surface area (Å²) in [6.45, 7) is 0. The van der Waals surface area contributed by atoms with E-state index in [0.29, 0.717) is 16.7 Å². The highest BCUT2D eigenvalue weighted by Crippen LogP contribution is 2.29. The summed E-state index contributed by atoms with van der Waals surface area (Å²) in [6, 6.07) is 18.1. The highest BCUT2D eigenvalue weighted by Gasteiger charge is 2.30. The van der Waals surface area contributed by atoms with Crippen LogP contribution in [0.2, 0.25) is 0 Å². The Morgan fingerprint density at radius 3 is 2.06 bits per heavy atom. The number of halogens is 3. The monoisotopic (exact) mass is 455 g/mol. The van der Waals surface area contributed by atoms with Crippen molar-refractivity contribution in [1.82, 2.24) is 5.32 Å². The Morgan fingerprint density at radius 2 is 1.45 bits per heavy atom. The molecule has 170 valence electrons. The summed E-state index contributed by atoms with van der Waals surface area (Å²) >= 11 is 0. The SMILES string of the molecule is O=C(Cc1cccc(C(F)(F)F)c1)N[C@H](Cc1ccc(C(=O)c2ccccc2)cc1)C(=O)O. The van der Waals surface area contributed by atoms with E-state index in [1.54, 1.807) is 54.6 Å². The molecule has 0 aliphatic carbocycles. The number of hydrogen-bond acceptors (Lipinski definition) is 3. The molecule has 0 unspecified atom stereocenters. The van der Waals surface area contributed by atoms with Gasteiger partial charge in [-0.1, -0.05) is 72.8 Å². The molecule has 0 heterocycles. The molecule has 8 heteroatoms. The Labute approximate surface area is 187 Å². The van der Waals surface area contributed by atoms with Gasteiger partial charge in [0.25, 0.3) is 0 Å². The maximum absolute atomic E-state index is 12.8. The fraction of sp³-hybridized carbons (Fsp3) is 0.160. The van der Waals surface area contributed by atoms with Crippen molar-refractivity contribution in [1.29, 1.82) is 0 Å². The van der Waals surface area contributed by atoms with E-state index in [9.17, 15) is 32.7 Å². The Balaban J connectivity index is 1.64. The minimum atomic E-state index is -4.54. The number of amides is 1. The number of rotatable bonds is 8. The maximum atomic E-state index is 12.8. The predicted molar refractivity (Wildman–Crippen MR) is 115 cm³/mol. The molecule has 3 aromatic rings. The zero-order valence-electron chi connectivity index (χ0n) is 17.3. The Hall–Kier alpha value is -3.94. The Morgan fingerprint density at radius 1 is 0.818 bits per heavy atom. The minimum Gasteiger partial charge on any atom is -0.480 e. The second-order valence-electron chi connectivity index (χ2n) is 7.43. The van der Waals surface area contributed by atoms with Gasteiger partial charge < -0.3 is 10.4 Å². The van der Waals surface area contributed by atoms with Crippen molar-refractivity contribution in [2.45, 2.75) is 25.1 Å². The summed E-state index contributed by atoms with van der Waals surface area (Å²) in [5.74, 6) is -2.17. The molecule has 3 rings (SSSR count). The fourth-order valence-electron chi connectivity index (χ4n) is 3.27. The summed E-state index contributed by atoms with van der Waals surface area (Å²) in [4.78, 5) is 36.4. The molecule has 0 aliphatic heterocycles. The van der Waals surface area contributed by atoms with Gasteiger partial charge in [-0.25, -0.2) is 4.79 Å². The normalized spacial score (nSPS) is 12.1. The fourth-order valence-corrected chi connectivity index (χ4v) is 3.27. The van der Waals surface area contributed by atoms with Crippen LogP contribution in [0.4, 0.5) is 13.2 Å². The van der Waals surface area contributed by atoms with Crippen LogP contribution in [-0.4, -0.2) is 28.8 Å². The first kappa shape index (κ1) is 23.7. The summed E-state index contributed by atoms with van der Waals surface area (Å²) < 4.78 is 38.5. The second kappa shape index (κ2) is 10.1. The molecule has 0 aromatic heterocycles. The summed E-state index contributed by atoms with van der Waals surface area (Å²) in [5, 5.41) is 11.8. The van der Waals surface area contributed by atoms with Crippen LogP contribution in [0, 0.1) is 0 Å². The summed E-state index contributed by atoms with van der Waals surface area (Å²) in [6.07, 6.45) is -4.98. The van der Waals surface area contributed by atoms with Crippen LogP contribution in [0.5, 0.6) is 0 Å². The Bertz CT molecular complexity index is 1140. The van der Waals surface area contributed by atoms with E-state index < -0.39 is 36.1 Å². The van der Waals surface area contributed by atoms with Crippen molar-refractivity contribution in [3.05, 3.63) is 107 Å². The molecule has 0 saturated carbocycles. The number of aliphatic carboxylic acids is 1. The van der Waals surface area contributed by atoms with E-state index in [0.717, 1.165) is 12.1 Å². The third kappa shape index (κ3) is 6.52. The number of alkyl halides is 3. The van der Waals surface area contributed by atoms with Crippen molar-refractivity contribution in [2.75, 3.05) is 0 Å². The first-order valence-corrected chi connectivity index (χ1v) is 10.0. The van der Waals surface area contributed by atoms with Gasteiger partial charge in [-0.15, -0.1) is 0 Å². The highest BCUT2D eigenvalue weighted by atomic mass is 19.4. The molecule has 0 spiro atoms. The number of carbonyl (C=O) groups is 3. The number of benzene rings is 3. The number of carboxylic acid groups (broad SMARTS) is 1. The molecular formula is C25H20F3NO4. The van der Waals surface area contributed by atoms with Gasteiger partial charge in [0.2, 0.25) is 5.91 Å². The molecule has 0 aliphatic rings. The van der Waals surface area contributed by atoms with Gasteiger partial charge in [0.15, 0.2) is 5.78 Å². The smallest absolute Gasteiger partial charge is 0.416 e. The van der Waals surface area contributed by atoms with Crippen LogP contribution >= 0.6 is 0 Å². The number of carboxylic acids is 1. The number of carbonyl (C=O) groups excluding carboxylic acids is 2. The maximum Gasteiger partial charge on any atom is 0.416 e. The van der Waals surface area contributed by atoms with Gasteiger partial charge in [0.05, 0.1) is 12.0 Å². The number of nitrogens with one attached hydrogen (secondary N) is 1. The first-order valence-electron chi connectivity index (χ1n) is 10.0. The van der Waals surface area contributed by atoms with E-state index in [-0.39, 0.29) is 17.8 Å². The van der Waals surface area contributed by atoms with Crippen LogP contribution in [0.25, 0.3) is 0 Å². The van der Waals surface area contributed by atoms with Crippen LogP contribution in [0.3, 0.4) is 0 Å². The molecule has 1 atom stereocenters. The third-order valence-electron chi connectivity index (χ3n) is 4.94. The lowest BCUT2D eigenvalue weighted by molar-refractivity contribution is -0.141. The van der Waals surface area contributed by atoms with Gasteiger partial charge >= 0.3 is 12.1 Å². The van der Waals surface area contributed by atoms with Crippen LogP contribution in [-0.2, 0) is 28.6 Å². The topological polar surface area (TPSA) is 83.5 Å². The molecule has 33 heavy (non-hydrogen) atoms. The van der Waals surface area contributed by atoms with Crippen LogP contribution in [0.15, 0.2) is 78.9 Å². The zero-order chi connectivity index (χ0) is 24.0. The quantitative estimate of drug-likeness (QED) is 0.497. The lowest BCUT2D eigenvalue weighted by atomic mass is 9.99. The summed E-state index contributed by atoms with van der Waals surface area (Å²) in [5.41, 5.74) is 0.773. The van der Waals surface area contributed by atoms with Crippen molar-refractivity contribution >= 4 is 17.7 Å². The van der Waals surface area contributed by atoms with Crippen molar-refractivity contribution < 1.29 is 32.7 Å². The molecule has 0 bridgehead atoms. The average Bonchev–Trinajstić information content (AvgIpc) is 2.79. The molecule has 1 amide bonds. The molecule has 0 radical (unpaired) electrons. The standard InChI is InChI=1S/C25H20F3NO4/c26-25(27,28)20-8-4-5-17(13-20)15-22(30)29-21(24(32)33)14-16-9-11-19(12-10-16)23(31)18-6-2-1-3-7-18/h1-13,21H,14-15H2,(H,29,30)(H,32,33)/t21-/m1/s1. The molecular weight excluding hydrogens is 435 g/mol. The molecule has 3 aromatic carbocycles. The lowest BCUT2D eigenvalue weighted by Crippen LogP contribution is -2.43. The molecule has 0 fully saturated rings. The van der Waals surface area contributed by atoms with Crippen molar-refractivity contribution in [2.24, 2.45) is 0 Å². The van der Waals surface area contributed by atoms with E-state index in [4.69, 9.17) is 0 Å². The van der Waals surface area contributed by atoms with E-state index in [2.05, 4.69) is 5.32 Å². The second-order valence-corrected chi connectivity index (χ2v) is 7.43. The first-order chi connectivity index (χ1) is 15.6. The largest absolute Gasteiger partial charge is 0.480 e. The van der Waals surface area contributed by atoms with Crippen LogP contribution < -0.4 is 5.32 Å². The van der Waals surface area contributed by atoms with E-state index in [1.165, 1.54) is 12.1 Å². The third-order valence-corrected chi connectivity index (χ3v) is 4.94. The minimum absolute atomic E-state index is 0.0521. The highest BCUT2D eigenvalue weighted by molar-refractivity contribution is 6.08. The van der Waals surface area contributed by atoms with Gasteiger partial charge in [0.1, 0.15) is 6.04 Å². The lowest BCUT2D eigenvalue weighted by Gasteiger charge is -2.15. The Kier molecular flexibility index (Phi) is 7.27. The average molecular weight is 455 g/mol. The number of hydrogen-bond donors (Lipinski definition) is 2. The van der Waals surface area contributed by atoms with Crippen molar-refractivity contribution in [3.8, 4) is 0 Å². The van der Waals surface area contributed by atoms with Gasteiger partial charge in [0, 0.05) is 17.5 Å². The molecule has 0 saturated heterocycles. The number of ketones is 1.